The van der Waals surface area contributed by atoms with Crippen LogP contribution in [0.2, 0.25) is 0 Å². The second kappa shape index (κ2) is 6.08. The van der Waals surface area contributed by atoms with Gasteiger partial charge in [-0.3, -0.25) is 0 Å². The molecule has 2 rings (SSSR count). The molecule has 2 heteroatoms. The fourth-order valence-corrected chi connectivity index (χ4v) is 11.5. The van der Waals surface area contributed by atoms with E-state index in [2.05, 4.69) is 64.1 Å². The van der Waals surface area contributed by atoms with E-state index in [1.807, 2.05) is 0 Å². The number of benzene rings is 2. The van der Waals surface area contributed by atoms with E-state index in [9.17, 15) is 0 Å². The molecule has 0 aliphatic carbocycles. The van der Waals surface area contributed by atoms with Crippen molar-refractivity contribution in [1.82, 2.24) is 0 Å². The molecule has 0 nitrogen and oxygen atoms in total. The zero-order valence-corrected chi connectivity index (χ0v) is 14.7. The molecule has 0 heterocycles. The summed E-state index contributed by atoms with van der Waals surface area (Å²) >= 11 is 1.19. The van der Waals surface area contributed by atoms with Gasteiger partial charge in [-0.15, -0.1) is 0 Å². The van der Waals surface area contributed by atoms with E-state index in [1.165, 1.54) is 22.3 Å². The monoisotopic (exact) mass is 370 g/mol. The van der Waals surface area contributed by atoms with Crippen molar-refractivity contribution in [1.29, 1.82) is 0 Å². The summed E-state index contributed by atoms with van der Waals surface area (Å²) in [5.41, 5.74) is 5.84. The third kappa shape index (κ3) is 3.08. The number of rotatable bonds is 3. The van der Waals surface area contributed by atoms with E-state index in [0.29, 0.717) is 26.3 Å². The van der Waals surface area contributed by atoms with Crippen LogP contribution < -0.4 is 8.92 Å². The molecule has 0 aliphatic rings. The second-order valence-corrected chi connectivity index (χ2v) is 10.7. The molecule has 0 amide bonds. The summed E-state index contributed by atoms with van der Waals surface area (Å²) in [7, 11) is 0. The fourth-order valence-electron chi connectivity index (χ4n) is 1.94. The van der Waals surface area contributed by atoms with Gasteiger partial charge in [0.1, 0.15) is 0 Å². The molecule has 0 unspecified atom stereocenters. The Kier molecular flexibility index (Phi) is 4.70. The second-order valence-electron chi connectivity index (χ2n) is 4.61. The summed E-state index contributed by atoms with van der Waals surface area (Å²) in [6, 6.07) is 13.3. The van der Waals surface area contributed by atoms with Gasteiger partial charge in [-0.25, -0.2) is 0 Å². The molecule has 94 valence electrons. The van der Waals surface area contributed by atoms with E-state index in [1.54, 1.807) is 8.92 Å². The van der Waals surface area contributed by atoms with Crippen molar-refractivity contribution in [2.24, 2.45) is 0 Å². The zero-order chi connectivity index (χ0) is 13.1. The van der Waals surface area contributed by atoms with Gasteiger partial charge in [0, 0.05) is 0 Å². The third-order valence-electron chi connectivity index (χ3n) is 3.03. The number of hydrogen-bond donors (Lipinski definition) is 0. The average Bonchev–Trinajstić information content (AvgIpc) is 2.31. The van der Waals surface area contributed by atoms with Crippen LogP contribution in [0.1, 0.15) is 22.3 Å². The van der Waals surface area contributed by atoms with Crippen LogP contribution in [0.15, 0.2) is 36.4 Å². The molecule has 0 aliphatic heterocycles. The maximum absolute atomic E-state index is 2.24. The van der Waals surface area contributed by atoms with Crippen LogP contribution in [0, 0.1) is 27.7 Å². The van der Waals surface area contributed by atoms with E-state index in [4.69, 9.17) is 0 Å². The number of hydrogen-bond acceptors (Lipinski definition) is 0. The Balaban J connectivity index is 2.22. The minimum absolute atomic E-state index is 0.597. The SMILES string of the molecule is Cc1cccc(C)c1[Se][Se]c1c(C)cccc1C. The van der Waals surface area contributed by atoms with Crippen molar-refractivity contribution in [3.63, 3.8) is 0 Å². The summed E-state index contributed by atoms with van der Waals surface area (Å²) in [6.07, 6.45) is 0. The van der Waals surface area contributed by atoms with Crippen molar-refractivity contribution in [3.05, 3.63) is 58.7 Å². The molecule has 0 N–H and O–H groups in total. The van der Waals surface area contributed by atoms with Crippen LogP contribution in [-0.4, -0.2) is 26.3 Å². The molecule has 0 atom stereocenters. The molecule has 0 fully saturated rings. The molecule has 0 bridgehead atoms. The van der Waals surface area contributed by atoms with Crippen LogP contribution in [0.5, 0.6) is 0 Å². The van der Waals surface area contributed by atoms with E-state index in [0.717, 1.165) is 0 Å². The predicted molar refractivity (Wildman–Crippen MR) is 82.6 cm³/mol. The van der Waals surface area contributed by atoms with E-state index >= 15 is 0 Å². The van der Waals surface area contributed by atoms with Gasteiger partial charge in [-0.1, -0.05) is 0 Å². The quantitative estimate of drug-likeness (QED) is 0.729. The Morgan fingerprint density at radius 2 is 0.833 bits per heavy atom. The van der Waals surface area contributed by atoms with Crippen molar-refractivity contribution in [2.75, 3.05) is 0 Å². The topological polar surface area (TPSA) is 0 Å². The van der Waals surface area contributed by atoms with Crippen molar-refractivity contribution >= 4 is 35.2 Å². The van der Waals surface area contributed by atoms with Crippen LogP contribution in [-0.2, 0) is 0 Å². The molecule has 2 aromatic rings. The molecule has 0 aromatic heterocycles. The minimum atomic E-state index is 0.597. The van der Waals surface area contributed by atoms with Crippen LogP contribution >= 0.6 is 0 Å². The average molecular weight is 368 g/mol. The molecule has 0 saturated carbocycles. The Morgan fingerprint density at radius 3 is 1.11 bits per heavy atom. The number of aryl methyl sites for hydroxylation is 4. The van der Waals surface area contributed by atoms with E-state index in [-0.39, 0.29) is 0 Å². The van der Waals surface area contributed by atoms with Gasteiger partial charge in [0.2, 0.25) is 0 Å². The predicted octanol–water partition coefficient (Wildman–Crippen LogP) is 2.19. The summed E-state index contributed by atoms with van der Waals surface area (Å²) in [6.45, 7) is 8.96. The molecule has 18 heavy (non-hydrogen) atoms. The van der Waals surface area contributed by atoms with Gasteiger partial charge in [0.15, 0.2) is 0 Å². The van der Waals surface area contributed by atoms with Crippen molar-refractivity contribution in [2.45, 2.75) is 27.7 Å². The summed E-state index contributed by atoms with van der Waals surface area (Å²) < 4.78 is 3.21. The van der Waals surface area contributed by atoms with Gasteiger partial charge >= 0.3 is 122 Å². The molecule has 2 aromatic carbocycles. The Bertz CT molecular complexity index is 467. The van der Waals surface area contributed by atoms with E-state index < -0.39 is 0 Å². The first-order chi connectivity index (χ1) is 8.59. The Labute approximate surface area is 121 Å². The standard InChI is InChI=1S/C16H18Se2/c1-11-7-5-8-12(2)15(11)17-18-16-13(3)9-6-10-14(16)4/h5-10H,1-4H3. The Hall–Kier alpha value is -0.521. The van der Waals surface area contributed by atoms with Crippen molar-refractivity contribution in [3.8, 4) is 0 Å². The maximum atomic E-state index is 2.24. The van der Waals surface area contributed by atoms with Gasteiger partial charge < -0.3 is 0 Å². The molecular formula is C16H18Se2. The molecular weight excluding hydrogens is 350 g/mol. The first-order valence-electron chi connectivity index (χ1n) is 6.06. The Morgan fingerprint density at radius 1 is 0.556 bits per heavy atom. The van der Waals surface area contributed by atoms with Gasteiger partial charge in [0.25, 0.3) is 0 Å². The van der Waals surface area contributed by atoms with Crippen LogP contribution in [0.4, 0.5) is 0 Å². The first-order valence-corrected chi connectivity index (χ1v) is 12.1. The summed E-state index contributed by atoms with van der Waals surface area (Å²) in [4.78, 5) is 0. The van der Waals surface area contributed by atoms with Gasteiger partial charge in [-0.2, -0.15) is 0 Å². The first kappa shape index (κ1) is 13.9. The zero-order valence-electron chi connectivity index (χ0n) is 11.3. The summed E-state index contributed by atoms with van der Waals surface area (Å²) in [5, 5.41) is 0. The molecule has 0 saturated heterocycles. The van der Waals surface area contributed by atoms with Gasteiger partial charge in [-0.05, 0) is 0 Å². The fraction of sp³-hybridized carbons (Fsp3) is 0.250. The normalized spacial score (nSPS) is 10.7. The summed E-state index contributed by atoms with van der Waals surface area (Å²) in [5.74, 6) is 0. The molecule has 0 spiro atoms. The molecule has 0 radical (unpaired) electrons. The third-order valence-corrected chi connectivity index (χ3v) is 11.1. The van der Waals surface area contributed by atoms with Crippen LogP contribution in [0.25, 0.3) is 0 Å². The van der Waals surface area contributed by atoms with Crippen LogP contribution in [0.3, 0.4) is 0 Å². The van der Waals surface area contributed by atoms with Gasteiger partial charge in [0.05, 0.1) is 0 Å². The van der Waals surface area contributed by atoms with Crippen molar-refractivity contribution < 1.29 is 0 Å².